The third kappa shape index (κ3) is 3.69. The van der Waals surface area contributed by atoms with E-state index < -0.39 is 0 Å². The average Bonchev–Trinajstić information content (AvgIpc) is 2.41. The number of hydrogen-bond acceptors (Lipinski definition) is 3. The predicted molar refractivity (Wildman–Crippen MR) is 71.5 cm³/mol. The third-order valence-electron chi connectivity index (χ3n) is 3.87. The van der Waals surface area contributed by atoms with E-state index in [0.29, 0.717) is 0 Å². The van der Waals surface area contributed by atoms with Gasteiger partial charge in [-0.1, -0.05) is 6.92 Å². The van der Waals surface area contributed by atoms with E-state index in [4.69, 9.17) is 4.74 Å². The zero-order chi connectivity index (χ0) is 12.8. The van der Waals surface area contributed by atoms with Crippen molar-refractivity contribution in [2.24, 2.45) is 0 Å². The van der Waals surface area contributed by atoms with Crippen molar-refractivity contribution in [3.8, 4) is 0 Å². The fourth-order valence-corrected chi connectivity index (χ4v) is 2.83. The van der Waals surface area contributed by atoms with Gasteiger partial charge in [0.1, 0.15) is 0 Å². The molecule has 0 saturated carbocycles. The Kier molecular flexibility index (Phi) is 5.45. The molecule has 1 N–H and O–H groups in total. The van der Waals surface area contributed by atoms with Crippen LogP contribution in [-0.2, 0) is 9.53 Å². The molecule has 2 aliphatic rings. The first-order valence-electron chi connectivity index (χ1n) is 7.45. The van der Waals surface area contributed by atoms with Crippen LogP contribution in [0.3, 0.4) is 0 Å². The van der Waals surface area contributed by atoms with Gasteiger partial charge in [0.2, 0.25) is 5.91 Å². The van der Waals surface area contributed by atoms with Gasteiger partial charge >= 0.3 is 0 Å². The minimum atomic E-state index is 0.0438. The van der Waals surface area contributed by atoms with E-state index in [9.17, 15) is 4.79 Å². The molecule has 0 spiro atoms. The lowest BCUT2D eigenvalue weighted by Crippen LogP contribution is -2.53. The summed E-state index contributed by atoms with van der Waals surface area (Å²) in [6.07, 6.45) is 6.97. The van der Waals surface area contributed by atoms with Crippen LogP contribution in [0.5, 0.6) is 0 Å². The maximum absolute atomic E-state index is 12.3. The maximum atomic E-state index is 12.3. The first-order chi connectivity index (χ1) is 8.81. The number of piperidine rings is 1. The van der Waals surface area contributed by atoms with E-state index >= 15 is 0 Å². The zero-order valence-corrected chi connectivity index (χ0v) is 11.5. The van der Waals surface area contributed by atoms with Crippen LogP contribution in [0.25, 0.3) is 0 Å². The van der Waals surface area contributed by atoms with Gasteiger partial charge in [-0.15, -0.1) is 0 Å². The Hall–Kier alpha value is -0.610. The van der Waals surface area contributed by atoms with Gasteiger partial charge in [0.15, 0.2) is 0 Å². The highest BCUT2D eigenvalue weighted by atomic mass is 16.5. The first-order valence-corrected chi connectivity index (χ1v) is 7.45. The molecule has 2 rings (SSSR count). The second-order valence-corrected chi connectivity index (χ2v) is 5.42. The van der Waals surface area contributed by atoms with Gasteiger partial charge in [0, 0.05) is 19.7 Å². The molecule has 0 aromatic rings. The Morgan fingerprint density at radius 3 is 2.94 bits per heavy atom. The van der Waals surface area contributed by atoms with Crippen LogP contribution in [0, 0.1) is 0 Å². The van der Waals surface area contributed by atoms with Crippen LogP contribution in [0.2, 0.25) is 0 Å². The summed E-state index contributed by atoms with van der Waals surface area (Å²) in [5, 5.41) is 3.36. The molecule has 2 aliphatic heterocycles. The smallest absolute Gasteiger partial charge is 0.239 e. The quantitative estimate of drug-likeness (QED) is 0.809. The van der Waals surface area contributed by atoms with Crippen molar-refractivity contribution >= 4 is 5.91 Å². The molecule has 2 fully saturated rings. The summed E-state index contributed by atoms with van der Waals surface area (Å²) in [5.41, 5.74) is 0. The highest BCUT2D eigenvalue weighted by Crippen LogP contribution is 2.17. The number of carbonyl (C=O) groups excluding carboxylic acids is 1. The molecule has 0 radical (unpaired) electrons. The van der Waals surface area contributed by atoms with Gasteiger partial charge in [0.25, 0.3) is 0 Å². The zero-order valence-electron chi connectivity index (χ0n) is 11.5. The van der Waals surface area contributed by atoms with Crippen LogP contribution in [0.4, 0.5) is 0 Å². The second-order valence-electron chi connectivity index (χ2n) is 5.42. The molecule has 0 bridgehead atoms. The van der Waals surface area contributed by atoms with Gasteiger partial charge < -0.3 is 15.0 Å². The molecule has 4 heteroatoms. The molecule has 2 unspecified atom stereocenters. The van der Waals surface area contributed by atoms with E-state index in [-0.39, 0.29) is 18.1 Å². The number of rotatable bonds is 5. The summed E-state index contributed by atoms with van der Waals surface area (Å²) in [6, 6.07) is 0.0438. The summed E-state index contributed by atoms with van der Waals surface area (Å²) >= 11 is 0. The Balaban J connectivity index is 1.81. The van der Waals surface area contributed by atoms with Crippen LogP contribution in [-0.4, -0.2) is 49.2 Å². The predicted octanol–water partition coefficient (Wildman–Crippen LogP) is 1.55. The van der Waals surface area contributed by atoms with Crippen molar-refractivity contribution in [2.75, 3.05) is 26.2 Å². The van der Waals surface area contributed by atoms with E-state index in [0.717, 1.165) is 51.9 Å². The van der Waals surface area contributed by atoms with Crippen LogP contribution in [0.1, 0.15) is 45.4 Å². The average molecular weight is 254 g/mol. The number of nitrogens with one attached hydrogen (secondary N) is 1. The number of ether oxygens (including phenoxy) is 1. The Morgan fingerprint density at radius 2 is 2.22 bits per heavy atom. The molecular formula is C14H26N2O2. The number of amides is 1. The van der Waals surface area contributed by atoms with E-state index in [1.54, 1.807) is 0 Å². The molecule has 0 aliphatic carbocycles. The second kappa shape index (κ2) is 7.10. The molecular weight excluding hydrogens is 228 g/mol. The lowest BCUT2D eigenvalue weighted by Gasteiger charge is -2.36. The molecule has 0 aromatic carbocycles. The van der Waals surface area contributed by atoms with Crippen molar-refractivity contribution in [3.05, 3.63) is 0 Å². The molecule has 4 nitrogen and oxygen atoms in total. The molecule has 0 aromatic heterocycles. The van der Waals surface area contributed by atoms with E-state index in [1.165, 1.54) is 12.8 Å². The molecule has 2 atom stereocenters. The topological polar surface area (TPSA) is 41.6 Å². The number of hydrogen-bond donors (Lipinski definition) is 1. The number of nitrogens with zero attached hydrogens (tertiary/aromatic N) is 1. The highest BCUT2D eigenvalue weighted by molar-refractivity contribution is 5.82. The van der Waals surface area contributed by atoms with Crippen LogP contribution in [0.15, 0.2) is 0 Å². The fourth-order valence-electron chi connectivity index (χ4n) is 2.83. The summed E-state index contributed by atoms with van der Waals surface area (Å²) in [7, 11) is 0. The van der Waals surface area contributed by atoms with Crippen molar-refractivity contribution in [3.63, 3.8) is 0 Å². The van der Waals surface area contributed by atoms with E-state index in [1.807, 2.05) is 4.90 Å². The standard InChI is InChI=1S/C14H26N2O2/c1-2-8-15-13-7-5-9-16(14(13)17)11-12-6-3-4-10-18-12/h12-13,15H,2-11H2,1H3. The minimum Gasteiger partial charge on any atom is -0.376 e. The maximum Gasteiger partial charge on any atom is 0.239 e. The summed E-state index contributed by atoms with van der Waals surface area (Å²) in [6.45, 7) is 5.63. The Bertz CT molecular complexity index is 265. The van der Waals surface area contributed by atoms with Crippen LogP contribution < -0.4 is 5.32 Å². The minimum absolute atomic E-state index is 0.0438. The lowest BCUT2D eigenvalue weighted by atomic mass is 10.0. The number of carbonyl (C=O) groups is 1. The fraction of sp³-hybridized carbons (Fsp3) is 0.929. The van der Waals surface area contributed by atoms with Crippen molar-refractivity contribution in [2.45, 2.75) is 57.6 Å². The van der Waals surface area contributed by atoms with Gasteiger partial charge in [-0.25, -0.2) is 0 Å². The molecule has 1 amide bonds. The van der Waals surface area contributed by atoms with Crippen LogP contribution >= 0.6 is 0 Å². The van der Waals surface area contributed by atoms with Crippen molar-refractivity contribution < 1.29 is 9.53 Å². The van der Waals surface area contributed by atoms with Gasteiger partial charge in [-0.2, -0.15) is 0 Å². The summed E-state index contributed by atoms with van der Waals surface area (Å²) in [4.78, 5) is 14.3. The Labute approximate surface area is 110 Å². The van der Waals surface area contributed by atoms with E-state index in [2.05, 4.69) is 12.2 Å². The monoisotopic (exact) mass is 254 g/mol. The largest absolute Gasteiger partial charge is 0.376 e. The molecule has 18 heavy (non-hydrogen) atoms. The van der Waals surface area contributed by atoms with Crippen molar-refractivity contribution in [1.82, 2.24) is 10.2 Å². The van der Waals surface area contributed by atoms with Gasteiger partial charge in [-0.05, 0) is 45.1 Å². The number of likely N-dealkylation sites (tertiary alicyclic amines) is 1. The van der Waals surface area contributed by atoms with Gasteiger partial charge in [-0.3, -0.25) is 4.79 Å². The molecule has 2 saturated heterocycles. The lowest BCUT2D eigenvalue weighted by molar-refractivity contribution is -0.138. The van der Waals surface area contributed by atoms with Crippen molar-refractivity contribution in [1.29, 1.82) is 0 Å². The highest BCUT2D eigenvalue weighted by Gasteiger charge is 2.30. The molecule has 2 heterocycles. The first kappa shape index (κ1) is 13.8. The van der Waals surface area contributed by atoms with Gasteiger partial charge in [0.05, 0.1) is 12.1 Å². The summed E-state index contributed by atoms with van der Waals surface area (Å²) in [5.74, 6) is 0.281. The summed E-state index contributed by atoms with van der Waals surface area (Å²) < 4.78 is 5.73. The normalized spacial score (nSPS) is 29.6. The Morgan fingerprint density at radius 1 is 1.33 bits per heavy atom. The third-order valence-corrected chi connectivity index (χ3v) is 3.87. The SMILES string of the molecule is CCCNC1CCCN(CC2CCCCO2)C1=O. The molecule has 104 valence electrons.